The molecule has 19 heavy (non-hydrogen) atoms. The van der Waals surface area contributed by atoms with E-state index >= 15 is 0 Å². The molecule has 104 valence electrons. The molecule has 0 amide bonds. The normalized spacial score (nSPS) is 23.8. The summed E-state index contributed by atoms with van der Waals surface area (Å²) in [6.45, 7) is 0. The van der Waals surface area contributed by atoms with Gasteiger partial charge in [-0.25, -0.2) is 8.42 Å². The van der Waals surface area contributed by atoms with Crippen LogP contribution in [0.4, 0.5) is 0 Å². The predicted molar refractivity (Wildman–Crippen MR) is 74.3 cm³/mol. The third-order valence-corrected chi connectivity index (χ3v) is 5.78. The molecule has 0 aromatic heterocycles. The van der Waals surface area contributed by atoms with Gasteiger partial charge >= 0.3 is 0 Å². The molecule has 0 heterocycles. The van der Waals surface area contributed by atoms with Crippen LogP contribution in [0.2, 0.25) is 0 Å². The fourth-order valence-electron chi connectivity index (χ4n) is 2.54. The molecule has 0 saturated heterocycles. The zero-order valence-corrected chi connectivity index (χ0v) is 11.6. The minimum absolute atomic E-state index is 0.307. The zero-order valence-electron chi connectivity index (χ0n) is 10.8. The number of rotatable bonds is 2. The van der Waals surface area contributed by atoms with Gasteiger partial charge in [-0.3, -0.25) is 0 Å². The van der Waals surface area contributed by atoms with Crippen molar-refractivity contribution < 1.29 is 13.6 Å². The van der Waals surface area contributed by atoms with Crippen LogP contribution in [0.3, 0.4) is 0 Å². The maximum absolute atomic E-state index is 12.6. The molecule has 2 rings (SSSR count). The first-order valence-electron chi connectivity index (χ1n) is 6.66. The first-order valence-corrected chi connectivity index (χ1v) is 8.20. The maximum Gasteiger partial charge on any atom is 0.186 e. The van der Waals surface area contributed by atoms with Crippen molar-refractivity contribution in [3.63, 3.8) is 0 Å². The minimum atomic E-state index is -3.45. The average Bonchev–Trinajstić information content (AvgIpc) is 2.39. The summed E-state index contributed by atoms with van der Waals surface area (Å²) < 4.78 is 25.3. The van der Waals surface area contributed by atoms with E-state index in [0.29, 0.717) is 23.4 Å². The molecule has 1 saturated carbocycles. The lowest BCUT2D eigenvalue weighted by atomic mass is 9.99. The van der Waals surface area contributed by atoms with Crippen LogP contribution >= 0.6 is 0 Å². The molecule has 0 radical (unpaired) electrons. The van der Waals surface area contributed by atoms with E-state index in [1.807, 2.05) is 0 Å². The Morgan fingerprint density at radius 3 is 2.42 bits per heavy atom. The highest BCUT2D eigenvalue weighted by Crippen LogP contribution is 2.25. The number of sulfone groups is 1. The lowest BCUT2D eigenvalue weighted by Crippen LogP contribution is -2.31. The van der Waals surface area contributed by atoms with Gasteiger partial charge in [-0.15, -0.1) is 0 Å². The van der Waals surface area contributed by atoms with Crippen LogP contribution in [0.5, 0.6) is 0 Å². The quantitative estimate of drug-likeness (QED) is 0.669. The van der Waals surface area contributed by atoms with Gasteiger partial charge in [-0.05, 0) is 31.4 Å². The smallest absolute Gasteiger partial charge is 0.186 e. The summed E-state index contributed by atoms with van der Waals surface area (Å²) in [6.07, 6.45) is 4.95. The SMILES string of the molecule is O=S(=O)(c1ccccc1)C1CCCCCC/C1=N\O. The molecule has 1 aliphatic rings. The van der Waals surface area contributed by atoms with E-state index in [0.717, 1.165) is 25.7 Å². The van der Waals surface area contributed by atoms with Crippen molar-refractivity contribution in [3.8, 4) is 0 Å². The van der Waals surface area contributed by atoms with E-state index in [1.54, 1.807) is 30.3 Å². The van der Waals surface area contributed by atoms with Gasteiger partial charge in [-0.1, -0.05) is 42.6 Å². The molecular weight excluding hydrogens is 262 g/mol. The van der Waals surface area contributed by atoms with E-state index < -0.39 is 15.1 Å². The summed E-state index contributed by atoms with van der Waals surface area (Å²) in [5.41, 5.74) is 0.406. The largest absolute Gasteiger partial charge is 0.411 e. The molecule has 4 nitrogen and oxygen atoms in total. The van der Waals surface area contributed by atoms with Crippen LogP contribution < -0.4 is 0 Å². The van der Waals surface area contributed by atoms with Crippen molar-refractivity contribution in [3.05, 3.63) is 30.3 Å². The van der Waals surface area contributed by atoms with Crippen LogP contribution in [0.15, 0.2) is 40.4 Å². The zero-order chi connectivity index (χ0) is 13.7. The van der Waals surface area contributed by atoms with Crippen LogP contribution in [-0.4, -0.2) is 24.6 Å². The molecule has 1 fully saturated rings. The van der Waals surface area contributed by atoms with Crippen molar-refractivity contribution in [2.45, 2.75) is 48.7 Å². The van der Waals surface area contributed by atoms with Gasteiger partial charge in [-0.2, -0.15) is 0 Å². The van der Waals surface area contributed by atoms with Crippen LogP contribution in [0.1, 0.15) is 38.5 Å². The number of oxime groups is 1. The second-order valence-corrected chi connectivity index (χ2v) is 7.02. The Hall–Kier alpha value is -1.36. The molecule has 1 aromatic carbocycles. The Labute approximate surface area is 114 Å². The Balaban J connectivity index is 2.36. The number of benzene rings is 1. The molecule has 1 aliphatic carbocycles. The molecule has 0 aliphatic heterocycles. The molecule has 5 heteroatoms. The van der Waals surface area contributed by atoms with E-state index in [1.165, 1.54) is 0 Å². The van der Waals surface area contributed by atoms with Gasteiger partial charge in [0.2, 0.25) is 0 Å². The molecule has 1 atom stereocenters. The highest BCUT2D eigenvalue weighted by atomic mass is 32.2. The monoisotopic (exact) mass is 281 g/mol. The summed E-state index contributed by atoms with van der Waals surface area (Å²) in [4.78, 5) is 0.307. The van der Waals surface area contributed by atoms with Crippen molar-refractivity contribution in [1.29, 1.82) is 0 Å². The van der Waals surface area contributed by atoms with Gasteiger partial charge < -0.3 is 5.21 Å². The van der Waals surface area contributed by atoms with Crippen LogP contribution in [0, 0.1) is 0 Å². The third-order valence-electron chi connectivity index (χ3n) is 3.60. The molecule has 1 aromatic rings. The summed E-state index contributed by atoms with van der Waals surface area (Å²) in [6, 6.07) is 8.42. The fourth-order valence-corrected chi connectivity index (χ4v) is 4.41. The first-order chi connectivity index (χ1) is 9.16. The van der Waals surface area contributed by atoms with Gasteiger partial charge in [0.25, 0.3) is 0 Å². The number of hydrogen-bond acceptors (Lipinski definition) is 4. The topological polar surface area (TPSA) is 66.7 Å². The molecule has 1 N–H and O–H groups in total. The Morgan fingerprint density at radius 1 is 1.05 bits per heavy atom. The lowest BCUT2D eigenvalue weighted by Gasteiger charge is -2.21. The van der Waals surface area contributed by atoms with Gasteiger partial charge in [0, 0.05) is 0 Å². The molecular formula is C14H19NO3S. The van der Waals surface area contributed by atoms with Gasteiger partial charge in [0.15, 0.2) is 9.84 Å². The maximum atomic E-state index is 12.6. The predicted octanol–water partition coefficient (Wildman–Crippen LogP) is 3.01. The third kappa shape index (κ3) is 3.15. The standard InChI is InChI=1S/C14H19NO3S/c16-15-13-10-6-1-2-7-11-14(13)19(17,18)12-8-4-3-5-9-12/h3-5,8-9,14,16H,1-2,6-7,10-11H2/b15-13+. The summed E-state index contributed by atoms with van der Waals surface area (Å²) in [5.74, 6) is 0. The minimum Gasteiger partial charge on any atom is -0.411 e. The second-order valence-electron chi connectivity index (χ2n) is 4.89. The lowest BCUT2D eigenvalue weighted by molar-refractivity contribution is 0.315. The Morgan fingerprint density at radius 2 is 1.74 bits per heavy atom. The molecule has 0 spiro atoms. The van der Waals surface area contributed by atoms with E-state index in [-0.39, 0.29) is 0 Å². The first kappa shape index (κ1) is 14.1. The van der Waals surface area contributed by atoms with Gasteiger partial charge in [0.1, 0.15) is 5.25 Å². The van der Waals surface area contributed by atoms with E-state index in [4.69, 9.17) is 5.21 Å². The second kappa shape index (κ2) is 6.19. The Bertz CT molecular complexity index is 537. The number of hydrogen-bond donors (Lipinski definition) is 1. The van der Waals surface area contributed by atoms with Gasteiger partial charge in [0.05, 0.1) is 10.6 Å². The highest BCUT2D eigenvalue weighted by molar-refractivity contribution is 7.92. The summed E-state index contributed by atoms with van der Waals surface area (Å²) in [7, 11) is -3.45. The molecule has 1 unspecified atom stereocenters. The number of nitrogens with zero attached hydrogens (tertiary/aromatic N) is 1. The average molecular weight is 281 g/mol. The summed E-state index contributed by atoms with van der Waals surface area (Å²) >= 11 is 0. The van der Waals surface area contributed by atoms with Crippen LogP contribution in [-0.2, 0) is 9.84 Å². The van der Waals surface area contributed by atoms with Crippen molar-refractivity contribution in [2.75, 3.05) is 0 Å². The highest BCUT2D eigenvalue weighted by Gasteiger charge is 2.32. The molecule has 0 bridgehead atoms. The van der Waals surface area contributed by atoms with Crippen molar-refractivity contribution in [2.24, 2.45) is 5.16 Å². The van der Waals surface area contributed by atoms with Crippen molar-refractivity contribution >= 4 is 15.5 Å². The van der Waals surface area contributed by atoms with Crippen molar-refractivity contribution in [1.82, 2.24) is 0 Å². The Kier molecular flexibility index (Phi) is 4.58. The van der Waals surface area contributed by atoms with E-state index in [2.05, 4.69) is 5.16 Å². The van der Waals surface area contributed by atoms with E-state index in [9.17, 15) is 8.42 Å². The van der Waals surface area contributed by atoms with Crippen LogP contribution in [0.25, 0.3) is 0 Å². The fraction of sp³-hybridized carbons (Fsp3) is 0.500. The summed E-state index contributed by atoms with van der Waals surface area (Å²) in [5, 5.41) is 11.7.